The van der Waals surface area contributed by atoms with Crippen molar-refractivity contribution in [2.24, 2.45) is 0 Å². The zero-order valence-electron chi connectivity index (χ0n) is 18.3. The lowest BCUT2D eigenvalue weighted by atomic mass is 10.1. The summed E-state index contributed by atoms with van der Waals surface area (Å²) in [6, 6.07) is 0. The molecule has 4 unspecified atom stereocenters. The van der Waals surface area contributed by atoms with Gasteiger partial charge in [-0.15, -0.1) is 0 Å². The number of unbranched alkanes of at least 4 members (excludes halogenated alkanes) is 5. The van der Waals surface area contributed by atoms with Crippen LogP contribution in [0.5, 0.6) is 0 Å². The van der Waals surface area contributed by atoms with Gasteiger partial charge in [0.15, 0.2) is 0 Å². The van der Waals surface area contributed by atoms with Crippen LogP contribution in [0.2, 0.25) is 0 Å². The molecule has 0 rings (SSSR count). The van der Waals surface area contributed by atoms with Crippen LogP contribution in [-0.4, -0.2) is 78.6 Å². The van der Waals surface area contributed by atoms with Gasteiger partial charge in [-0.05, 0) is 40.5 Å². The van der Waals surface area contributed by atoms with E-state index in [1.165, 1.54) is 27.7 Å². The van der Waals surface area contributed by atoms with Crippen LogP contribution in [0.4, 0.5) is 0 Å². The number of aliphatic hydroxyl groups is 6. The molecule has 0 bridgehead atoms. The molecule has 0 aromatic heterocycles. The first-order valence-corrected chi connectivity index (χ1v) is 10.4. The molecule has 10 heteroatoms. The summed E-state index contributed by atoms with van der Waals surface area (Å²) in [5.74, 6) is -6.10. The van der Waals surface area contributed by atoms with E-state index in [1.54, 1.807) is 0 Å². The Morgan fingerprint density at radius 1 is 0.600 bits per heavy atom. The van der Waals surface area contributed by atoms with Gasteiger partial charge in [-0.2, -0.15) is 0 Å². The van der Waals surface area contributed by atoms with E-state index in [0.29, 0.717) is 25.7 Å². The van der Waals surface area contributed by atoms with Crippen molar-refractivity contribution in [3.05, 3.63) is 0 Å². The lowest BCUT2D eigenvalue weighted by Gasteiger charge is -2.32. The number of carbonyl (C=O) groups is 2. The largest absolute Gasteiger partial charge is 0.427 e. The Morgan fingerprint density at radius 2 is 0.833 bits per heavy atom. The molecule has 0 fully saturated rings. The fraction of sp³-hybridized carbons (Fsp3) is 0.900. The predicted molar refractivity (Wildman–Crippen MR) is 106 cm³/mol. The normalized spacial score (nSPS) is 19.7. The molecule has 6 N–H and O–H groups in total. The molecule has 0 aromatic rings. The molecule has 0 spiro atoms. The SMILES string of the molecule is CC(O)C(O)(OC(=O)CCCCCCCCC(=O)OC(O)(C(C)O)C(C)O)C(C)O. The second-order valence-corrected chi connectivity index (χ2v) is 7.78. The standard InChI is InChI=1S/C20H38O10/c1-13(21)19(27,14(2)22)29-17(25)11-9-7-5-6-8-10-12-18(26)30-20(28,15(3)23)16(4)24/h13-16,21-24,27-28H,5-12H2,1-4H3. The molecule has 0 radical (unpaired) electrons. The fourth-order valence-electron chi connectivity index (χ4n) is 2.75. The van der Waals surface area contributed by atoms with Crippen molar-refractivity contribution in [2.75, 3.05) is 0 Å². The number of carbonyl (C=O) groups excluding carboxylic acids is 2. The molecule has 178 valence electrons. The fourth-order valence-corrected chi connectivity index (χ4v) is 2.75. The summed E-state index contributed by atoms with van der Waals surface area (Å²) in [4.78, 5) is 23.6. The van der Waals surface area contributed by atoms with Gasteiger partial charge in [0.1, 0.15) is 24.4 Å². The first kappa shape index (κ1) is 28.7. The molecule has 0 saturated heterocycles. The minimum Gasteiger partial charge on any atom is -0.427 e. The van der Waals surface area contributed by atoms with Crippen molar-refractivity contribution in [2.45, 2.75) is 115 Å². The Hall–Kier alpha value is -1.30. The minimum atomic E-state index is -2.33. The Morgan fingerprint density at radius 3 is 1.07 bits per heavy atom. The highest BCUT2D eigenvalue weighted by Crippen LogP contribution is 2.21. The Bertz CT molecular complexity index is 454. The number of ether oxygens (including phenoxy) is 2. The molecular formula is C20H38O10. The quantitative estimate of drug-likeness (QED) is 0.117. The van der Waals surface area contributed by atoms with E-state index in [4.69, 9.17) is 9.47 Å². The average molecular weight is 439 g/mol. The number of hydrogen-bond acceptors (Lipinski definition) is 10. The van der Waals surface area contributed by atoms with Gasteiger partial charge in [-0.3, -0.25) is 9.59 Å². The summed E-state index contributed by atoms with van der Waals surface area (Å²) in [6.45, 7) is 4.85. The van der Waals surface area contributed by atoms with Gasteiger partial charge in [0, 0.05) is 12.8 Å². The molecule has 30 heavy (non-hydrogen) atoms. The molecule has 0 aromatic carbocycles. The zero-order chi connectivity index (χ0) is 23.5. The van der Waals surface area contributed by atoms with Crippen molar-refractivity contribution < 1.29 is 49.7 Å². The van der Waals surface area contributed by atoms with E-state index in [2.05, 4.69) is 0 Å². The Labute approximate surface area is 177 Å². The van der Waals surface area contributed by atoms with E-state index >= 15 is 0 Å². The summed E-state index contributed by atoms with van der Waals surface area (Å²) in [6.07, 6.45) is -1.66. The number of esters is 2. The monoisotopic (exact) mass is 438 g/mol. The molecular weight excluding hydrogens is 400 g/mol. The van der Waals surface area contributed by atoms with Crippen molar-refractivity contribution in [3.63, 3.8) is 0 Å². The lowest BCUT2D eigenvalue weighted by Crippen LogP contribution is -2.53. The Kier molecular flexibility index (Phi) is 12.6. The third kappa shape index (κ3) is 9.23. The van der Waals surface area contributed by atoms with E-state index < -0.39 is 47.9 Å². The maximum Gasteiger partial charge on any atom is 0.308 e. The summed E-state index contributed by atoms with van der Waals surface area (Å²) >= 11 is 0. The third-order valence-corrected chi connectivity index (χ3v) is 4.96. The second kappa shape index (κ2) is 13.2. The van der Waals surface area contributed by atoms with Crippen LogP contribution in [-0.2, 0) is 19.1 Å². The van der Waals surface area contributed by atoms with E-state index in [-0.39, 0.29) is 12.8 Å². The van der Waals surface area contributed by atoms with Crippen LogP contribution in [0.15, 0.2) is 0 Å². The highest BCUT2D eigenvalue weighted by atomic mass is 16.7. The molecule has 0 aliphatic heterocycles. The molecule has 0 heterocycles. The van der Waals surface area contributed by atoms with Gasteiger partial charge >= 0.3 is 11.9 Å². The first-order chi connectivity index (χ1) is 13.8. The van der Waals surface area contributed by atoms with Crippen molar-refractivity contribution in [1.82, 2.24) is 0 Å². The number of aliphatic hydroxyl groups excluding tert-OH is 4. The molecule has 0 saturated carbocycles. The number of rotatable bonds is 15. The summed E-state index contributed by atoms with van der Waals surface area (Å²) in [5.41, 5.74) is 0. The highest BCUT2D eigenvalue weighted by Gasteiger charge is 2.43. The third-order valence-electron chi connectivity index (χ3n) is 4.96. The molecule has 0 aliphatic rings. The van der Waals surface area contributed by atoms with Gasteiger partial charge < -0.3 is 40.1 Å². The van der Waals surface area contributed by atoms with Crippen LogP contribution >= 0.6 is 0 Å². The average Bonchev–Trinajstić information content (AvgIpc) is 2.62. The van der Waals surface area contributed by atoms with Gasteiger partial charge in [-0.1, -0.05) is 25.7 Å². The van der Waals surface area contributed by atoms with Crippen LogP contribution in [0.3, 0.4) is 0 Å². The Balaban J connectivity index is 3.99. The van der Waals surface area contributed by atoms with E-state index in [1.807, 2.05) is 0 Å². The summed E-state index contributed by atoms with van der Waals surface area (Å²) in [7, 11) is 0. The highest BCUT2D eigenvalue weighted by molar-refractivity contribution is 5.70. The van der Waals surface area contributed by atoms with Crippen LogP contribution in [0.25, 0.3) is 0 Å². The van der Waals surface area contributed by atoms with Gasteiger partial charge in [0.2, 0.25) is 0 Å². The lowest BCUT2D eigenvalue weighted by molar-refractivity contribution is -0.280. The van der Waals surface area contributed by atoms with Crippen LogP contribution in [0.1, 0.15) is 79.1 Å². The summed E-state index contributed by atoms with van der Waals surface area (Å²) in [5, 5.41) is 57.9. The summed E-state index contributed by atoms with van der Waals surface area (Å²) < 4.78 is 9.63. The molecule has 10 nitrogen and oxygen atoms in total. The van der Waals surface area contributed by atoms with Crippen LogP contribution < -0.4 is 0 Å². The smallest absolute Gasteiger partial charge is 0.308 e. The van der Waals surface area contributed by atoms with Crippen LogP contribution in [0, 0.1) is 0 Å². The minimum absolute atomic E-state index is 0.0331. The van der Waals surface area contributed by atoms with E-state index in [9.17, 15) is 40.2 Å². The molecule has 0 amide bonds. The molecule has 4 atom stereocenters. The zero-order valence-corrected chi connectivity index (χ0v) is 18.3. The first-order valence-electron chi connectivity index (χ1n) is 10.4. The van der Waals surface area contributed by atoms with E-state index in [0.717, 1.165) is 12.8 Å². The number of hydrogen-bond donors (Lipinski definition) is 6. The maximum absolute atomic E-state index is 11.8. The second-order valence-electron chi connectivity index (χ2n) is 7.78. The molecule has 0 aliphatic carbocycles. The van der Waals surface area contributed by atoms with Gasteiger partial charge in [0.05, 0.1) is 0 Å². The van der Waals surface area contributed by atoms with Crippen molar-refractivity contribution in [1.29, 1.82) is 0 Å². The van der Waals surface area contributed by atoms with Crippen molar-refractivity contribution in [3.8, 4) is 0 Å². The van der Waals surface area contributed by atoms with Gasteiger partial charge in [0.25, 0.3) is 11.6 Å². The maximum atomic E-state index is 11.8. The van der Waals surface area contributed by atoms with Gasteiger partial charge in [-0.25, -0.2) is 0 Å². The topological polar surface area (TPSA) is 174 Å². The predicted octanol–water partition coefficient (Wildman–Crippen LogP) is 0.0940. The van der Waals surface area contributed by atoms with Crippen molar-refractivity contribution >= 4 is 11.9 Å².